The van der Waals surface area contributed by atoms with Gasteiger partial charge in [0.05, 0.1) is 24.4 Å². The molecule has 2 heterocycles. The normalized spacial score (nSPS) is 16.2. The number of aromatic nitrogens is 1. The second-order valence-electron chi connectivity index (χ2n) is 5.31. The van der Waals surface area contributed by atoms with Gasteiger partial charge in [0.15, 0.2) is 5.75 Å². The van der Waals surface area contributed by atoms with Crippen LogP contribution in [0.1, 0.15) is 10.4 Å². The zero-order valence-corrected chi connectivity index (χ0v) is 12.4. The Morgan fingerprint density at radius 1 is 1.19 bits per heavy atom. The van der Waals surface area contributed by atoms with E-state index in [-0.39, 0.29) is 5.91 Å². The molecule has 1 aliphatic rings. The van der Waals surface area contributed by atoms with Crippen LogP contribution in [-0.4, -0.2) is 61.0 Å². The van der Waals surface area contributed by atoms with Crippen LogP contribution < -0.4 is 4.74 Å². The molecule has 21 heavy (non-hydrogen) atoms. The monoisotopic (exact) mass is 285 g/mol. The number of carbonyl (C=O) groups is 1. The summed E-state index contributed by atoms with van der Waals surface area (Å²) < 4.78 is 5.37. The highest BCUT2D eigenvalue weighted by Gasteiger charge is 2.25. The Balaban J connectivity index is 2.03. The van der Waals surface area contributed by atoms with Crippen molar-refractivity contribution in [2.75, 3.05) is 40.3 Å². The van der Waals surface area contributed by atoms with Crippen LogP contribution in [0.3, 0.4) is 0 Å². The zero-order chi connectivity index (χ0) is 14.8. The van der Waals surface area contributed by atoms with E-state index in [1.54, 1.807) is 13.3 Å². The summed E-state index contributed by atoms with van der Waals surface area (Å²) in [4.78, 5) is 21.4. The molecular formula is C16H19N3O2. The van der Waals surface area contributed by atoms with Crippen LogP contribution in [0.15, 0.2) is 30.5 Å². The Bertz CT molecular complexity index is 664. The molecule has 1 aromatic heterocycles. The zero-order valence-electron chi connectivity index (χ0n) is 12.4. The van der Waals surface area contributed by atoms with Gasteiger partial charge in [-0.05, 0) is 13.1 Å². The molecule has 0 bridgehead atoms. The number of hydrogen-bond donors (Lipinski definition) is 0. The highest BCUT2D eigenvalue weighted by molar-refractivity contribution is 6.08. The summed E-state index contributed by atoms with van der Waals surface area (Å²) in [6.07, 6.45) is 1.63. The molecule has 110 valence electrons. The van der Waals surface area contributed by atoms with Gasteiger partial charge in [0, 0.05) is 31.6 Å². The van der Waals surface area contributed by atoms with E-state index in [1.165, 1.54) is 0 Å². The van der Waals surface area contributed by atoms with Crippen LogP contribution in [0.2, 0.25) is 0 Å². The average molecular weight is 285 g/mol. The lowest BCUT2D eigenvalue weighted by molar-refractivity contribution is 0.0663. The first kappa shape index (κ1) is 13.8. The van der Waals surface area contributed by atoms with Gasteiger partial charge >= 0.3 is 0 Å². The summed E-state index contributed by atoms with van der Waals surface area (Å²) in [5.41, 5.74) is 1.43. The van der Waals surface area contributed by atoms with Crippen LogP contribution in [0, 0.1) is 0 Å². The fourth-order valence-electron chi connectivity index (χ4n) is 2.67. The molecule has 0 radical (unpaired) electrons. The second-order valence-corrected chi connectivity index (χ2v) is 5.31. The predicted molar refractivity (Wildman–Crippen MR) is 81.7 cm³/mol. The van der Waals surface area contributed by atoms with Crippen molar-refractivity contribution in [2.45, 2.75) is 0 Å². The number of amides is 1. The standard InChI is InChI=1S/C16H19N3O2/c1-18-7-9-19(10-8-18)16(20)15-12-5-3-4-6-13(12)17-11-14(15)21-2/h3-6,11H,7-10H2,1-2H3. The summed E-state index contributed by atoms with van der Waals surface area (Å²) in [5, 5.41) is 0.848. The second kappa shape index (κ2) is 5.69. The van der Waals surface area contributed by atoms with Crippen LogP contribution in [0.4, 0.5) is 0 Å². The molecule has 0 N–H and O–H groups in total. The SMILES string of the molecule is COc1cnc2ccccc2c1C(=O)N1CCN(C)CC1. The van der Waals surface area contributed by atoms with Crippen molar-refractivity contribution in [3.05, 3.63) is 36.0 Å². The lowest BCUT2D eigenvalue weighted by atomic mass is 10.1. The van der Waals surface area contributed by atoms with Gasteiger partial charge in [-0.15, -0.1) is 0 Å². The van der Waals surface area contributed by atoms with Gasteiger partial charge in [-0.3, -0.25) is 9.78 Å². The van der Waals surface area contributed by atoms with Gasteiger partial charge in [0.1, 0.15) is 0 Å². The van der Waals surface area contributed by atoms with Gasteiger partial charge in [-0.1, -0.05) is 18.2 Å². The molecule has 5 heteroatoms. The van der Waals surface area contributed by atoms with Crippen LogP contribution in [0.25, 0.3) is 10.9 Å². The molecule has 2 aromatic rings. The molecule has 0 saturated carbocycles. The summed E-state index contributed by atoms with van der Waals surface area (Å²) in [6, 6.07) is 7.68. The fourth-order valence-corrected chi connectivity index (χ4v) is 2.67. The number of likely N-dealkylation sites (N-methyl/N-ethyl adjacent to an activating group) is 1. The Kier molecular flexibility index (Phi) is 3.75. The Hall–Kier alpha value is -2.14. The first-order valence-corrected chi connectivity index (χ1v) is 7.10. The molecule has 0 aliphatic carbocycles. The van der Waals surface area contributed by atoms with Crippen LogP contribution in [-0.2, 0) is 0 Å². The summed E-state index contributed by atoms with van der Waals surface area (Å²) in [6.45, 7) is 3.29. The van der Waals surface area contributed by atoms with E-state index in [4.69, 9.17) is 4.74 Å². The first-order chi connectivity index (χ1) is 10.2. The molecule has 0 unspecified atom stereocenters. The number of piperazine rings is 1. The van der Waals surface area contributed by atoms with Gasteiger partial charge < -0.3 is 14.5 Å². The number of hydrogen-bond acceptors (Lipinski definition) is 4. The van der Waals surface area contributed by atoms with Crippen molar-refractivity contribution < 1.29 is 9.53 Å². The topological polar surface area (TPSA) is 45.7 Å². The molecule has 1 amide bonds. The quantitative estimate of drug-likeness (QED) is 0.841. The van der Waals surface area contributed by atoms with E-state index in [0.717, 1.165) is 37.1 Å². The van der Waals surface area contributed by atoms with E-state index in [1.807, 2.05) is 29.2 Å². The molecule has 3 rings (SSSR count). The number of fused-ring (bicyclic) bond motifs is 1. The highest BCUT2D eigenvalue weighted by atomic mass is 16.5. The van der Waals surface area contributed by atoms with Crippen LogP contribution >= 0.6 is 0 Å². The predicted octanol–water partition coefficient (Wildman–Crippen LogP) is 1.63. The molecule has 0 atom stereocenters. The molecular weight excluding hydrogens is 266 g/mol. The fraction of sp³-hybridized carbons (Fsp3) is 0.375. The van der Waals surface area contributed by atoms with Gasteiger partial charge in [0.2, 0.25) is 0 Å². The molecule has 0 spiro atoms. The van der Waals surface area contributed by atoms with Crippen molar-refractivity contribution in [1.82, 2.24) is 14.8 Å². The maximum atomic E-state index is 12.9. The van der Waals surface area contributed by atoms with Crippen molar-refractivity contribution in [3.8, 4) is 5.75 Å². The smallest absolute Gasteiger partial charge is 0.258 e. The van der Waals surface area contributed by atoms with Gasteiger partial charge in [0.25, 0.3) is 5.91 Å². The summed E-state index contributed by atoms with van der Waals surface area (Å²) >= 11 is 0. The molecule has 1 saturated heterocycles. The number of benzene rings is 1. The molecule has 5 nitrogen and oxygen atoms in total. The van der Waals surface area contributed by atoms with E-state index in [9.17, 15) is 4.79 Å². The van der Waals surface area contributed by atoms with E-state index >= 15 is 0 Å². The Morgan fingerprint density at radius 3 is 2.62 bits per heavy atom. The number of para-hydroxylation sites is 1. The highest BCUT2D eigenvalue weighted by Crippen LogP contribution is 2.27. The maximum absolute atomic E-state index is 12.9. The Labute approximate surface area is 124 Å². The largest absolute Gasteiger partial charge is 0.494 e. The van der Waals surface area contributed by atoms with Crippen molar-refractivity contribution in [2.24, 2.45) is 0 Å². The minimum absolute atomic E-state index is 0.0264. The summed E-state index contributed by atoms with van der Waals surface area (Å²) in [5.74, 6) is 0.566. The van der Waals surface area contributed by atoms with Gasteiger partial charge in [-0.25, -0.2) is 0 Å². The minimum Gasteiger partial charge on any atom is -0.494 e. The molecule has 1 aliphatic heterocycles. The van der Waals surface area contributed by atoms with Gasteiger partial charge in [-0.2, -0.15) is 0 Å². The number of pyridine rings is 1. The Morgan fingerprint density at radius 2 is 1.90 bits per heavy atom. The third kappa shape index (κ3) is 2.56. The van der Waals surface area contributed by atoms with Crippen molar-refractivity contribution in [1.29, 1.82) is 0 Å². The number of nitrogens with zero attached hydrogens (tertiary/aromatic N) is 3. The van der Waals surface area contributed by atoms with E-state index in [0.29, 0.717) is 11.3 Å². The van der Waals surface area contributed by atoms with Crippen molar-refractivity contribution in [3.63, 3.8) is 0 Å². The number of carbonyl (C=O) groups excluding carboxylic acids is 1. The molecule has 1 aromatic carbocycles. The van der Waals surface area contributed by atoms with E-state index in [2.05, 4.69) is 16.9 Å². The van der Waals surface area contributed by atoms with E-state index < -0.39 is 0 Å². The lowest BCUT2D eigenvalue weighted by Crippen LogP contribution is -2.47. The number of ether oxygens (including phenoxy) is 1. The average Bonchev–Trinajstić information content (AvgIpc) is 2.53. The maximum Gasteiger partial charge on any atom is 0.258 e. The number of rotatable bonds is 2. The minimum atomic E-state index is 0.0264. The number of methoxy groups -OCH3 is 1. The third-order valence-electron chi connectivity index (χ3n) is 3.96. The lowest BCUT2D eigenvalue weighted by Gasteiger charge is -2.32. The molecule has 1 fully saturated rings. The van der Waals surface area contributed by atoms with Crippen molar-refractivity contribution >= 4 is 16.8 Å². The first-order valence-electron chi connectivity index (χ1n) is 7.10. The van der Waals surface area contributed by atoms with Crippen LogP contribution in [0.5, 0.6) is 5.75 Å². The summed E-state index contributed by atoms with van der Waals surface area (Å²) in [7, 11) is 3.65. The third-order valence-corrected chi connectivity index (χ3v) is 3.96.